The maximum absolute atomic E-state index is 5.39. The van der Waals surface area contributed by atoms with E-state index in [0.717, 1.165) is 64.5 Å². The molecule has 2 rings (SSSR count). The first-order chi connectivity index (χ1) is 12.3. The molecule has 2 saturated heterocycles. The van der Waals surface area contributed by atoms with E-state index in [1.165, 1.54) is 45.2 Å². The Labute approximate surface area is 154 Å². The molecule has 146 valence electrons. The fraction of sp³-hybridized carbons (Fsp3) is 0.947. The van der Waals surface area contributed by atoms with Crippen molar-refractivity contribution >= 4 is 5.96 Å². The monoisotopic (exact) mass is 353 g/mol. The minimum absolute atomic E-state index is 0.774. The van der Waals surface area contributed by atoms with Crippen LogP contribution in [0.1, 0.15) is 46.0 Å². The lowest BCUT2D eigenvalue weighted by Crippen LogP contribution is -2.44. The average molecular weight is 354 g/mol. The van der Waals surface area contributed by atoms with Gasteiger partial charge in [-0.25, -0.2) is 0 Å². The molecule has 0 radical (unpaired) electrons. The molecule has 6 heteroatoms. The molecule has 0 aliphatic carbocycles. The van der Waals surface area contributed by atoms with Crippen molar-refractivity contribution in [3.8, 4) is 0 Å². The molecule has 2 fully saturated rings. The summed E-state index contributed by atoms with van der Waals surface area (Å²) in [5, 5.41) is 6.81. The zero-order valence-electron chi connectivity index (χ0n) is 16.4. The number of morpholine rings is 1. The zero-order chi connectivity index (χ0) is 17.7. The highest BCUT2D eigenvalue weighted by atomic mass is 16.5. The number of hydrogen-bond acceptors (Lipinski definition) is 4. The zero-order valence-corrected chi connectivity index (χ0v) is 16.4. The third-order valence-corrected chi connectivity index (χ3v) is 5.23. The number of rotatable bonds is 9. The van der Waals surface area contributed by atoms with Gasteiger partial charge in [0.05, 0.1) is 13.2 Å². The second kappa shape index (κ2) is 12.5. The van der Waals surface area contributed by atoms with Crippen molar-refractivity contribution in [2.45, 2.75) is 52.0 Å². The van der Waals surface area contributed by atoms with E-state index in [2.05, 4.69) is 34.3 Å². The molecule has 1 atom stereocenters. The first kappa shape index (κ1) is 20.5. The number of hydrogen-bond donors (Lipinski definition) is 2. The molecular weight excluding hydrogens is 314 g/mol. The number of ether oxygens (including phenoxy) is 1. The minimum Gasteiger partial charge on any atom is -0.379 e. The summed E-state index contributed by atoms with van der Waals surface area (Å²) in [5.74, 6) is 0.960. The summed E-state index contributed by atoms with van der Waals surface area (Å²) in [6, 6.07) is 0.774. The van der Waals surface area contributed by atoms with Gasteiger partial charge >= 0.3 is 0 Å². The molecule has 0 spiro atoms. The van der Waals surface area contributed by atoms with Gasteiger partial charge < -0.3 is 20.3 Å². The van der Waals surface area contributed by atoms with E-state index in [1.807, 2.05) is 0 Å². The second-order valence-electron chi connectivity index (χ2n) is 7.23. The van der Waals surface area contributed by atoms with Crippen molar-refractivity contribution in [3.63, 3.8) is 0 Å². The first-order valence-corrected chi connectivity index (χ1v) is 10.4. The molecular formula is C19H39N5O. The minimum atomic E-state index is 0.774. The van der Waals surface area contributed by atoms with E-state index < -0.39 is 0 Å². The summed E-state index contributed by atoms with van der Waals surface area (Å²) < 4.78 is 5.39. The standard InChI is InChI=1S/C19H39N5O/c1-3-20-19(22-10-13-23-14-16-25-17-15-23)21-9-5-7-12-24-11-6-4-8-18(24)2/h18H,3-17H2,1-2H3,(H2,20,21,22). The third kappa shape index (κ3) is 8.38. The summed E-state index contributed by atoms with van der Waals surface area (Å²) in [6.45, 7) is 14.7. The summed E-state index contributed by atoms with van der Waals surface area (Å²) in [4.78, 5) is 9.83. The lowest BCUT2D eigenvalue weighted by Gasteiger charge is -2.33. The van der Waals surface area contributed by atoms with E-state index in [4.69, 9.17) is 9.73 Å². The normalized spacial score (nSPS) is 23.6. The van der Waals surface area contributed by atoms with E-state index >= 15 is 0 Å². The van der Waals surface area contributed by atoms with Gasteiger partial charge in [-0.15, -0.1) is 0 Å². The van der Waals surface area contributed by atoms with Crippen molar-refractivity contribution in [1.82, 2.24) is 20.4 Å². The summed E-state index contributed by atoms with van der Waals surface area (Å²) >= 11 is 0. The smallest absolute Gasteiger partial charge is 0.191 e. The van der Waals surface area contributed by atoms with Crippen LogP contribution in [0.2, 0.25) is 0 Å². The number of nitrogens with zero attached hydrogens (tertiary/aromatic N) is 3. The molecule has 0 amide bonds. The highest BCUT2D eigenvalue weighted by molar-refractivity contribution is 5.79. The van der Waals surface area contributed by atoms with Crippen LogP contribution in [-0.4, -0.2) is 87.4 Å². The first-order valence-electron chi connectivity index (χ1n) is 10.4. The van der Waals surface area contributed by atoms with Crippen molar-refractivity contribution in [2.75, 3.05) is 65.6 Å². The number of aliphatic imine (C=N–C) groups is 1. The van der Waals surface area contributed by atoms with Crippen LogP contribution >= 0.6 is 0 Å². The van der Waals surface area contributed by atoms with Crippen LogP contribution in [0.3, 0.4) is 0 Å². The molecule has 0 aromatic carbocycles. The van der Waals surface area contributed by atoms with Gasteiger partial charge in [0.25, 0.3) is 0 Å². The van der Waals surface area contributed by atoms with Crippen molar-refractivity contribution < 1.29 is 4.74 Å². The molecule has 6 nitrogen and oxygen atoms in total. The lowest BCUT2D eigenvalue weighted by atomic mass is 10.0. The van der Waals surface area contributed by atoms with Gasteiger partial charge in [-0.2, -0.15) is 0 Å². The van der Waals surface area contributed by atoms with Gasteiger partial charge in [0, 0.05) is 45.3 Å². The second-order valence-corrected chi connectivity index (χ2v) is 7.23. The van der Waals surface area contributed by atoms with Gasteiger partial charge in [0.15, 0.2) is 5.96 Å². The van der Waals surface area contributed by atoms with Crippen LogP contribution in [0.4, 0.5) is 0 Å². The summed E-state index contributed by atoms with van der Waals surface area (Å²) in [6.07, 6.45) is 6.57. The maximum Gasteiger partial charge on any atom is 0.191 e. The number of piperidine rings is 1. The van der Waals surface area contributed by atoms with E-state index in [-0.39, 0.29) is 0 Å². The van der Waals surface area contributed by atoms with E-state index in [1.54, 1.807) is 0 Å². The molecule has 2 N–H and O–H groups in total. The number of nitrogens with one attached hydrogen (secondary N) is 2. The van der Waals surface area contributed by atoms with Crippen LogP contribution < -0.4 is 10.6 Å². The van der Waals surface area contributed by atoms with Crippen LogP contribution in [0, 0.1) is 0 Å². The Balaban J connectivity index is 1.57. The van der Waals surface area contributed by atoms with E-state index in [9.17, 15) is 0 Å². The number of guanidine groups is 1. The molecule has 0 saturated carbocycles. The van der Waals surface area contributed by atoms with Crippen LogP contribution in [-0.2, 0) is 4.74 Å². The van der Waals surface area contributed by atoms with Gasteiger partial charge in [-0.3, -0.25) is 9.89 Å². The summed E-state index contributed by atoms with van der Waals surface area (Å²) in [5.41, 5.74) is 0. The third-order valence-electron chi connectivity index (χ3n) is 5.23. The molecule has 1 unspecified atom stereocenters. The Morgan fingerprint density at radius 3 is 2.68 bits per heavy atom. The van der Waals surface area contributed by atoms with Crippen molar-refractivity contribution in [3.05, 3.63) is 0 Å². The lowest BCUT2D eigenvalue weighted by molar-refractivity contribution is 0.0389. The Bertz CT molecular complexity index is 371. The van der Waals surface area contributed by atoms with Gasteiger partial charge in [-0.1, -0.05) is 6.42 Å². The molecule has 2 aliphatic rings. The molecule has 2 aliphatic heterocycles. The van der Waals surface area contributed by atoms with Crippen molar-refractivity contribution in [1.29, 1.82) is 0 Å². The molecule has 0 bridgehead atoms. The Hall–Kier alpha value is -0.850. The van der Waals surface area contributed by atoms with Crippen molar-refractivity contribution in [2.24, 2.45) is 4.99 Å². The number of likely N-dealkylation sites (tertiary alicyclic amines) is 1. The highest BCUT2D eigenvalue weighted by Gasteiger charge is 2.16. The Morgan fingerprint density at radius 1 is 1.08 bits per heavy atom. The summed E-state index contributed by atoms with van der Waals surface area (Å²) in [7, 11) is 0. The Kier molecular flexibility index (Phi) is 10.2. The van der Waals surface area contributed by atoms with Crippen LogP contribution in [0.5, 0.6) is 0 Å². The fourth-order valence-electron chi connectivity index (χ4n) is 3.61. The predicted molar refractivity (Wildman–Crippen MR) is 105 cm³/mol. The number of unbranched alkanes of at least 4 members (excludes halogenated alkanes) is 1. The quantitative estimate of drug-likeness (QED) is 0.374. The van der Waals surface area contributed by atoms with Gasteiger partial charge in [0.1, 0.15) is 0 Å². The SMILES string of the molecule is CCNC(=NCCCCN1CCCCC1C)NCCN1CCOCC1. The fourth-order valence-corrected chi connectivity index (χ4v) is 3.61. The molecule has 0 aromatic heterocycles. The van der Waals surface area contributed by atoms with Gasteiger partial charge in [0.2, 0.25) is 0 Å². The largest absolute Gasteiger partial charge is 0.379 e. The maximum atomic E-state index is 5.39. The molecule has 0 aromatic rings. The Morgan fingerprint density at radius 2 is 1.92 bits per heavy atom. The predicted octanol–water partition coefficient (Wildman–Crippen LogP) is 1.53. The van der Waals surface area contributed by atoms with E-state index in [0.29, 0.717) is 0 Å². The average Bonchev–Trinajstić information content (AvgIpc) is 2.64. The van der Waals surface area contributed by atoms with Crippen LogP contribution in [0.25, 0.3) is 0 Å². The van der Waals surface area contributed by atoms with Crippen LogP contribution in [0.15, 0.2) is 4.99 Å². The topological polar surface area (TPSA) is 52.1 Å². The molecule has 25 heavy (non-hydrogen) atoms. The van der Waals surface area contributed by atoms with Gasteiger partial charge in [-0.05, 0) is 52.6 Å². The highest BCUT2D eigenvalue weighted by Crippen LogP contribution is 2.16. The molecule has 2 heterocycles.